The van der Waals surface area contributed by atoms with Gasteiger partial charge in [0.1, 0.15) is 0 Å². The highest BCUT2D eigenvalue weighted by Crippen LogP contribution is 2.15. The summed E-state index contributed by atoms with van der Waals surface area (Å²) in [5, 5.41) is 7.47. The molecule has 1 aliphatic heterocycles. The number of anilines is 1. The highest BCUT2D eigenvalue weighted by Gasteiger charge is 2.17. The number of rotatable bonds is 11. The molecule has 3 rings (SSSR count). The molecule has 31 heavy (non-hydrogen) atoms. The van der Waals surface area contributed by atoms with Crippen LogP contribution in [-0.4, -0.2) is 68.3 Å². The molecule has 1 aromatic carbocycles. The minimum Gasteiger partial charge on any atom is -0.369 e. The lowest BCUT2D eigenvalue weighted by Crippen LogP contribution is -2.48. The van der Waals surface area contributed by atoms with Gasteiger partial charge < -0.3 is 15.5 Å². The van der Waals surface area contributed by atoms with E-state index in [1.807, 2.05) is 17.5 Å². The Bertz CT molecular complexity index is 834. The molecule has 1 aromatic heterocycles. The van der Waals surface area contributed by atoms with Crippen molar-refractivity contribution >= 4 is 34.6 Å². The zero-order chi connectivity index (χ0) is 21.9. The molecule has 0 radical (unpaired) electrons. The fourth-order valence-electron chi connectivity index (χ4n) is 3.50. The number of para-hydroxylation sites is 1. The van der Waals surface area contributed by atoms with Crippen LogP contribution in [0.3, 0.4) is 0 Å². The number of thiophene rings is 1. The third kappa shape index (κ3) is 7.80. The Hall–Kier alpha value is -2.71. The van der Waals surface area contributed by atoms with E-state index in [4.69, 9.17) is 0 Å². The summed E-state index contributed by atoms with van der Waals surface area (Å²) in [5.74, 6) is -0.292. The van der Waals surface area contributed by atoms with Gasteiger partial charge in [-0.3, -0.25) is 19.3 Å². The van der Waals surface area contributed by atoms with Gasteiger partial charge >= 0.3 is 0 Å². The first-order valence-electron chi connectivity index (χ1n) is 10.7. The quantitative estimate of drug-likeness (QED) is 0.521. The van der Waals surface area contributed by atoms with Crippen LogP contribution in [0.2, 0.25) is 0 Å². The van der Waals surface area contributed by atoms with Crippen molar-refractivity contribution in [3.63, 3.8) is 0 Å². The normalized spacial score (nSPS) is 14.3. The summed E-state index contributed by atoms with van der Waals surface area (Å²) in [7, 11) is 0. The number of piperazine rings is 1. The third-order valence-corrected chi connectivity index (χ3v) is 6.20. The number of nitrogens with zero attached hydrogens (tertiary/aromatic N) is 2. The zero-order valence-corrected chi connectivity index (χ0v) is 18.5. The molecule has 0 bridgehead atoms. The van der Waals surface area contributed by atoms with Crippen molar-refractivity contribution in [3.05, 3.63) is 52.7 Å². The van der Waals surface area contributed by atoms with Gasteiger partial charge in [0.25, 0.3) is 0 Å². The summed E-state index contributed by atoms with van der Waals surface area (Å²) in [6.45, 7) is 5.64. The first-order valence-corrected chi connectivity index (χ1v) is 11.6. The summed E-state index contributed by atoms with van der Waals surface area (Å²) in [6.07, 6.45) is 0.579. The molecule has 0 aliphatic carbocycles. The van der Waals surface area contributed by atoms with Crippen LogP contribution in [0, 0.1) is 0 Å². The van der Waals surface area contributed by atoms with E-state index in [1.165, 1.54) is 17.0 Å². The summed E-state index contributed by atoms with van der Waals surface area (Å²) < 4.78 is 0. The fourth-order valence-corrected chi connectivity index (χ4v) is 4.20. The molecule has 2 N–H and O–H groups in total. The molecule has 2 amide bonds. The van der Waals surface area contributed by atoms with E-state index in [0.29, 0.717) is 11.4 Å². The Morgan fingerprint density at radius 2 is 1.52 bits per heavy atom. The average molecular weight is 443 g/mol. The molecule has 0 spiro atoms. The van der Waals surface area contributed by atoms with Crippen molar-refractivity contribution in [2.24, 2.45) is 0 Å². The van der Waals surface area contributed by atoms with Crippen LogP contribution in [0.4, 0.5) is 5.69 Å². The maximum Gasteiger partial charge on any atom is 0.221 e. The minimum absolute atomic E-state index is 0.0208. The smallest absolute Gasteiger partial charge is 0.221 e. The molecule has 1 saturated heterocycles. The topological polar surface area (TPSA) is 81.7 Å². The number of hydrogen-bond donors (Lipinski definition) is 2. The molecule has 8 heteroatoms. The van der Waals surface area contributed by atoms with Gasteiger partial charge in [-0.2, -0.15) is 0 Å². The fraction of sp³-hybridized carbons (Fsp3) is 0.435. The van der Waals surface area contributed by atoms with Gasteiger partial charge in [-0.15, -0.1) is 11.3 Å². The standard InChI is InChI=1S/C23H30N4O3S/c28-20(21-7-4-18-31-21)8-9-22(29)24-11-10-23(30)25-12-13-26-14-16-27(17-15-26)19-5-2-1-3-6-19/h1-7,18H,8-17H2,(H,24,29)(H,25,30). The summed E-state index contributed by atoms with van der Waals surface area (Å²) in [4.78, 5) is 41.1. The van der Waals surface area contributed by atoms with Crippen LogP contribution in [-0.2, 0) is 9.59 Å². The number of nitrogens with one attached hydrogen (secondary N) is 2. The number of hydrogen-bond acceptors (Lipinski definition) is 6. The molecular weight excluding hydrogens is 412 g/mol. The molecule has 1 fully saturated rings. The molecule has 0 saturated carbocycles. The van der Waals surface area contributed by atoms with Gasteiger partial charge in [0.15, 0.2) is 5.78 Å². The van der Waals surface area contributed by atoms with E-state index >= 15 is 0 Å². The summed E-state index contributed by atoms with van der Waals surface area (Å²) in [5.41, 5.74) is 1.26. The maximum absolute atomic E-state index is 12.0. The van der Waals surface area contributed by atoms with Crippen LogP contribution in [0.1, 0.15) is 28.9 Å². The first-order chi connectivity index (χ1) is 15.1. The monoisotopic (exact) mass is 442 g/mol. The molecular formula is C23H30N4O3S. The van der Waals surface area contributed by atoms with Crippen LogP contribution in [0.15, 0.2) is 47.8 Å². The second kappa shape index (κ2) is 12.2. The summed E-state index contributed by atoms with van der Waals surface area (Å²) >= 11 is 1.38. The highest BCUT2D eigenvalue weighted by atomic mass is 32.1. The predicted molar refractivity (Wildman–Crippen MR) is 124 cm³/mol. The second-order valence-electron chi connectivity index (χ2n) is 7.51. The molecule has 166 valence electrons. The SMILES string of the molecule is O=C(CCNC(=O)CCC(=O)c1cccs1)NCCN1CCN(c2ccccc2)CC1. The van der Waals surface area contributed by atoms with E-state index in [0.717, 1.165) is 32.7 Å². The van der Waals surface area contributed by atoms with E-state index < -0.39 is 0 Å². The Morgan fingerprint density at radius 3 is 2.23 bits per heavy atom. The number of amides is 2. The van der Waals surface area contributed by atoms with Crippen molar-refractivity contribution in [2.75, 3.05) is 50.7 Å². The number of carbonyl (C=O) groups excluding carboxylic acids is 3. The molecule has 1 aliphatic rings. The van der Waals surface area contributed by atoms with Gasteiger partial charge in [0, 0.05) is 70.8 Å². The maximum atomic E-state index is 12.0. The van der Waals surface area contributed by atoms with Crippen molar-refractivity contribution < 1.29 is 14.4 Å². The first kappa shape index (κ1) is 23.0. The average Bonchev–Trinajstić information content (AvgIpc) is 3.34. The molecule has 0 atom stereocenters. The van der Waals surface area contributed by atoms with Gasteiger partial charge in [0.2, 0.25) is 11.8 Å². The molecule has 2 heterocycles. The minimum atomic E-state index is -0.200. The number of carbonyl (C=O) groups is 3. The van der Waals surface area contributed by atoms with Crippen LogP contribution < -0.4 is 15.5 Å². The highest BCUT2D eigenvalue weighted by molar-refractivity contribution is 7.12. The van der Waals surface area contributed by atoms with Crippen LogP contribution in [0.25, 0.3) is 0 Å². The van der Waals surface area contributed by atoms with Crippen LogP contribution >= 0.6 is 11.3 Å². The molecule has 7 nitrogen and oxygen atoms in total. The Balaban J connectivity index is 1.21. The Kier molecular flexibility index (Phi) is 9.05. The number of benzene rings is 1. The van der Waals surface area contributed by atoms with Crippen molar-refractivity contribution in [3.8, 4) is 0 Å². The van der Waals surface area contributed by atoms with Crippen molar-refractivity contribution in [1.29, 1.82) is 0 Å². The van der Waals surface area contributed by atoms with E-state index in [1.54, 1.807) is 6.07 Å². The lowest BCUT2D eigenvalue weighted by molar-refractivity contribution is -0.122. The van der Waals surface area contributed by atoms with E-state index in [9.17, 15) is 14.4 Å². The van der Waals surface area contributed by atoms with Gasteiger partial charge in [0.05, 0.1) is 4.88 Å². The van der Waals surface area contributed by atoms with Gasteiger partial charge in [-0.25, -0.2) is 0 Å². The molecule has 2 aromatic rings. The van der Waals surface area contributed by atoms with E-state index in [2.05, 4.69) is 44.7 Å². The largest absolute Gasteiger partial charge is 0.369 e. The van der Waals surface area contributed by atoms with Crippen molar-refractivity contribution in [1.82, 2.24) is 15.5 Å². The van der Waals surface area contributed by atoms with E-state index in [-0.39, 0.29) is 43.4 Å². The lowest BCUT2D eigenvalue weighted by atomic mass is 10.2. The number of Topliss-reactive ketones (excluding diaryl/α,β-unsaturated/α-hetero) is 1. The predicted octanol–water partition coefficient (Wildman–Crippen LogP) is 2.16. The summed E-state index contributed by atoms with van der Waals surface area (Å²) in [6, 6.07) is 14.0. The van der Waals surface area contributed by atoms with Crippen molar-refractivity contribution in [2.45, 2.75) is 19.3 Å². The number of ketones is 1. The molecule has 0 unspecified atom stereocenters. The Morgan fingerprint density at radius 1 is 0.806 bits per heavy atom. The lowest BCUT2D eigenvalue weighted by Gasteiger charge is -2.36. The van der Waals surface area contributed by atoms with Gasteiger partial charge in [-0.1, -0.05) is 24.3 Å². The third-order valence-electron chi connectivity index (χ3n) is 5.29. The zero-order valence-electron chi connectivity index (χ0n) is 17.7. The van der Waals surface area contributed by atoms with Crippen LogP contribution in [0.5, 0.6) is 0 Å². The van der Waals surface area contributed by atoms with Gasteiger partial charge in [-0.05, 0) is 23.6 Å². The Labute approximate surface area is 187 Å². The second-order valence-corrected chi connectivity index (χ2v) is 8.46.